The van der Waals surface area contributed by atoms with E-state index < -0.39 is 0 Å². The van der Waals surface area contributed by atoms with Gasteiger partial charge in [-0.3, -0.25) is 4.98 Å². The zero-order valence-electron chi connectivity index (χ0n) is 8.58. The van der Waals surface area contributed by atoms with Gasteiger partial charge in [-0.05, 0) is 25.0 Å². The molecule has 0 aromatic carbocycles. The summed E-state index contributed by atoms with van der Waals surface area (Å²) < 4.78 is 0. The Kier molecular flexibility index (Phi) is 3.02. The average Bonchev–Trinajstić information content (AvgIpc) is 2.45. The van der Waals surface area contributed by atoms with Gasteiger partial charge in [0.05, 0.1) is 0 Å². The van der Waals surface area contributed by atoms with E-state index in [2.05, 4.69) is 4.98 Å². The number of rotatable bonds is 1. The zero-order chi connectivity index (χ0) is 9.80. The zero-order valence-corrected chi connectivity index (χ0v) is 8.58. The molecule has 76 valence electrons. The summed E-state index contributed by atoms with van der Waals surface area (Å²) in [7, 11) is 0. The third-order valence-electron chi connectivity index (χ3n) is 3.08. The SMILES string of the molecule is Nc1ccnc(C2CCCCCC2)c1. The van der Waals surface area contributed by atoms with E-state index >= 15 is 0 Å². The second-order valence-electron chi connectivity index (χ2n) is 4.20. The average molecular weight is 190 g/mol. The summed E-state index contributed by atoms with van der Waals surface area (Å²) in [6, 6.07) is 3.90. The van der Waals surface area contributed by atoms with Gasteiger partial charge in [-0.15, -0.1) is 0 Å². The van der Waals surface area contributed by atoms with E-state index in [0.29, 0.717) is 5.92 Å². The van der Waals surface area contributed by atoms with E-state index in [1.807, 2.05) is 18.3 Å². The highest BCUT2D eigenvalue weighted by Gasteiger charge is 2.15. The molecule has 1 aromatic rings. The minimum absolute atomic E-state index is 0.654. The van der Waals surface area contributed by atoms with Crippen LogP contribution < -0.4 is 5.73 Å². The van der Waals surface area contributed by atoms with Gasteiger partial charge in [0.15, 0.2) is 0 Å². The van der Waals surface area contributed by atoms with Crippen LogP contribution in [0.5, 0.6) is 0 Å². The van der Waals surface area contributed by atoms with E-state index in [-0.39, 0.29) is 0 Å². The number of anilines is 1. The van der Waals surface area contributed by atoms with Crippen molar-refractivity contribution in [1.29, 1.82) is 0 Å². The van der Waals surface area contributed by atoms with E-state index in [4.69, 9.17) is 5.73 Å². The quantitative estimate of drug-likeness (QED) is 0.691. The first-order valence-corrected chi connectivity index (χ1v) is 5.58. The van der Waals surface area contributed by atoms with Crippen molar-refractivity contribution in [2.24, 2.45) is 0 Å². The van der Waals surface area contributed by atoms with E-state index in [1.165, 1.54) is 44.2 Å². The lowest BCUT2D eigenvalue weighted by molar-refractivity contribution is 0.578. The number of pyridine rings is 1. The second kappa shape index (κ2) is 4.45. The van der Waals surface area contributed by atoms with Gasteiger partial charge in [0, 0.05) is 23.5 Å². The third kappa shape index (κ3) is 2.25. The van der Waals surface area contributed by atoms with Gasteiger partial charge in [0.25, 0.3) is 0 Å². The minimum Gasteiger partial charge on any atom is -0.399 e. The topological polar surface area (TPSA) is 38.9 Å². The maximum Gasteiger partial charge on any atom is 0.0454 e. The van der Waals surface area contributed by atoms with Gasteiger partial charge in [-0.2, -0.15) is 0 Å². The molecular weight excluding hydrogens is 172 g/mol. The number of hydrogen-bond acceptors (Lipinski definition) is 2. The van der Waals surface area contributed by atoms with Crippen molar-refractivity contribution in [3.63, 3.8) is 0 Å². The van der Waals surface area contributed by atoms with Gasteiger partial charge < -0.3 is 5.73 Å². The Bertz CT molecular complexity index is 288. The molecule has 0 spiro atoms. The van der Waals surface area contributed by atoms with Crippen LogP contribution in [0.4, 0.5) is 5.69 Å². The fourth-order valence-electron chi connectivity index (χ4n) is 2.26. The number of nitrogens with zero attached hydrogens (tertiary/aromatic N) is 1. The van der Waals surface area contributed by atoms with Crippen molar-refractivity contribution in [2.45, 2.75) is 44.4 Å². The molecule has 0 unspecified atom stereocenters. The molecule has 2 N–H and O–H groups in total. The lowest BCUT2D eigenvalue weighted by Gasteiger charge is -2.13. The Balaban J connectivity index is 2.12. The van der Waals surface area contributed by atoms with Crippen molar-refractivity contribution < 1.29 is 0 Å². The molecule has 0 saturated heterocycles. The number of aromatic nitrogens is 1. The maximum absolute atomic E-state index is 5.76. The van der Waals surface area contributed by atoms with Gasteiger partial charge in [-0.25, -0.2) is 0 Å². The van der Waals surface area contributed by atoms with Crippen LogP contribution in [0.3, 0.4) is 0 Å². The van der Waals surface area contributed by atoms with Crippen LogP contribution in [0.25, 0.3) is 0 Å². The fraction of sp³-hybridized carbons (Fsp3) is 0.583. The first kappa shape index (κ1) is 9.50. The van der Waals surface area contributed by atoms with E-state index in [9.17, 15) is 0 Å². The lowest BCUT2D eigenvalue weighted by Crippen LogP contribution is -2.01. The Morgan fingerprint density at radius 2 is 1.86 bits per heavy atom. The van der Waals surface area contributed by atoms with Crippen molar-refractivity contribution in [1.82, 2.24) is 4.98 Å². The highest BCUT2D eigenvalue weighted by molar-refractivity contribution is 5.38. The van der Waals surface area contributed by atoms with Gasteiger partial charge >= 0.3 is 0 Å². The molecule has 1 aliphatic carbocycles. The second-order valence-corrected chi connectivity index (χ2v) is 4.20. The molecule has 0 radical (unpaired) electrons. The Morgan fingerprint density at radius 3 is 2.50 bits per heavy atom. The number of hydrogen-bond donors (Lipinski definition) is 1. The van der Waals surface area contributed by atoms with Crippen molar-refractivity contribution in [3.8, 4) is 0 Å². The van der Waals surface area contributed by atoms with Crippen LogP contribution in [-0.2, 0) is 0 Å². The molecule has 1 saturated carbocycles. The molecule has 2 nitrogen and oxygen atoms in total. The van der Waals surface area contributed by atoms with Crippen LogP contribution in [0.15, 0.2) is 18.3 Å². The molecule has 1 aromatic heterocycles. The molecule has 2 rings (SSSR count). The monoisotopic (exact) mass is 190 g/mol. The lowest BCUT2D eigenvalue weighted by atomic mass is 9.96. The molecule has 14 heavy (non-hydrogen) atoms. The normalized spacial score (nSPS) is 19.1. The summed E-state index contributed by atoms with van der Waals surface area (Å²) in [5.74, 6) is 0.654. The number of nitrogens with two attached hydrogens (primary N) is 1. The summed E-state index contributed by atoms with van der Waals surface area (Å²) in [6.45, 7) is 0. The predicted molar refractivity (Wildman–Crippen MR) is 59.1 cm³/mol. The van der Waals surface area contributed by atoms with Crippen molar-refractivity contribution in [3.05, 3.63) is 24.0 Å². The molecule has 1 heterocycles. The van der Waals surface area contributed by atoms with E-state index in [0.717, 1.165) is 5.69 Å². The van der Waals surface area contributed by atoms with E-state index in [1.54, 1.807) is 0 Å². The van der Waals surface area contributed by atoms with Crippen LogP contribution in [0.1, 0.15) is 50.1 Å². The van der Waals surface area contributed by atoms with Crippen LogP contribution >= 0.6 is 0 Å². The summed E-state index contributed by atoms with van der Waals surface area (Å²) in [5, 5.41) is 0. The maximum atomic E-state index is 5.76. The standard InChI is InChI=1S/C12H18N2/c13-11-7-8-14-12(9-11)10-5-3-1-2-4-6-10/h7-10H,1-6H2,(H2,13,14). The first-order chi connectivity index (χ1) is 6.86. The Labute approximate surface area is 85.5 Å². The van der Waals surface area contributed by atoms with Crippen molar-refractivity contribution >= 4 is 5.69 Å². The summed E-state index contributed by atoms with van der Waals surface area (Å²) in [5.41, 5.74) is 7.81. The third-order valence-corrected chi connectivity index (χ3v) is 3.08. The highest BCUT2D eigenvalue weighted by atomic mass is 14.7. The molecule has 0 amide bonds. The van der Waals surface area contributed by atoms with Gasteiger partial charge in [0.2, 0.25) is 0 Å². The first-order valence-electron chi connectivity index (χ1n) is 5.58. The molecule has 1 aliphatic rings. The Hall–Kier alpha value is -1.05. The molecule has 0 atom stereocenters. The predicted octanol–water partition coefficient (Wildman–Crippen LogP) is 3.10. The van der Waals surface area contributed by atoms with Crippen molar-refractivity contribution in [2.75, 3.05) is 5.73 Å². The summed E-state index contributed by atoms with van der Waals surface area (Å²) >= 11 is 0. The van der Waals surface area contributed by atoms with Crippen LogP contribution in [0, 0.1) is 0 Å². The highest BCUT2D eigenvalue weighted by Crippen LogP contribution is 2.30. The Morgan fingerprint density at radius 1 is 1.14 bits per heavy atom. The molecule has 2 heteroatoms. The molecular formula is C12H18N2. The smallest absolute Gasteiger partial charge is 0.0454 e. The molecule has 0 aliphatic heterocycles. The van der Waals surface area contributed by atoms with Gasteiger partial charge in [-0.1, -0.05) is 25.7 Å². The fourth-order valence-corrected chi connectivity index (χ4v) is 2.26. The molecule has 0 bridgehead atoms. The minimum atomic E-state index is 0.654. The van der Waals surface area contributed by atoms with Crippen LogP contribution in [-0.4, -0.2) is 4.98 Å². The molecule has 1 fully saturated rings. The largest absolute Gasteiger partial charge is 0.399 e. The van der Waals surface area contributed by atoms with Gasteiger partial charge in [0.1, 0.15) is 0 Å². The number of nitrogen functional groups attached to an aromatic ring is 1. The summed E-state index contributed by atoms with van der Waals surface area (Å²) in [6.07, 6.45) is 9.88. The summed E-state index contributed by atoms with van der Waals surface area (Å²) in [4.78, 5) is 4.42. The van der Waals surface area contributed by atoms with Crippen LogP contribution in [0.2, 0.25) is 0 Å².